The molecule has 106 valence electrons. The maximum absolute atomic E-state index is 12.3. The van der Waals surface area contributed by atoms with Crippen molar-refractivity contribution in [3.63, 3.8) is 0 Å². The molecule has 0 aliphatic carbocycles. The van der Waals surface area contributed by atoms with Gasteiger partial charge in [0, 0.05) is 29.7 Å². The van der Waals surface area contributed by atoms with Crippen molar-refractivity contribution in [3.8, 4) is 0 Å². The highest BCUT2D eigenvalue weighted by atomic mass is 79.9. The van der Waals surface area contributed by atoms with Crippen LogP contribution in [0, 0.1) is 16.0 Å². The first-order valence-electron chi connectivity index (χ1n) is 5.92. The lowest BCUT2D eigenvalue weighted by molar-refractivity contribution is -0.384. The molecule has 2 rings (SSSR count). The third kappa shape index (κ3) is 2.79. The Morgan fingerprint density at radius 2 is 2.15 bits per heavy atom. The van der Waals surface area contributed by atoms with E-state index in [0.29, 0.717) is 17.4 Å². The number of nitro groups is 1. The number of carbonyl (C=O) groups excluding carboxylic acids is 2. The number of hydrogen-bond acceptors (Lipinski definition) is 4. The largest absolute Gasteiger partial charge is 0.369 e. The monoisotopic (exact) mass is 341 g/mol. The number of hydrogen-bond donors (Lipinski definition) is 1. The minimum Gasteiger partial charge on any atom is -0.369 e. The van der Waals surface area contributed by atoms with Crippen molar-refractivity contribution in [1.29, 1.82) is 0 Å². The molecule has 8 heteroatoms. The lowest BCUT2D eigenvalue weighted by Crippen LogP contribution is -2.32. The molecule has 1 aromatic carbocycles. The summed E-state index contributed by atoms with van der Waals surface area (Å²) in [5, 5.41) is 10.8. The summed E-state index contributed by atoms with van der Waals surface area (Å²) in [7, 11) is 0. The van der Waals surface area contributed by atoms with Gasteiger partial charge in [-0.2, -0.15) is 0 Å². The quantitative estimate of drug-likeness (QED) is 0.660. The first kappa shape index (κ1) is 14.4. The van der Waals surface area contributed by atoms with Gasteiger partial charge in [-0.15, -0.1) is 0 Å². The molecule has 0 saturated carbocycles. The van der Waals surface area contributed by atoms with E-state index in [4.69, 9.17) is 5.73 Å². The molecule has 1 aliphatic rings. The standard InChI is InChI=1S/C12H12BrN3O4/c13-10-2-1-8(16(19)20)5-9(10)12(18)15-4-3-7(6-15)11(14)17/h1-2,5,7H,3-4,6H2,(H2,14,17). The topological polar surface area (TPSA) is 107 Å². The molecule has 1 aliphatic heterocycles. The maximum Gasteiger partial charge on any atom is 0.270 e. The summed E-state index contributed by atoms with van der Waals surface area (Å²) in [5.41, 5.74) is 5.28. The summed E-state index contributed by atoms with van der Waals surface area (Å²) >= 11 is 3.21. The van der Waals surface area contributed by atoms with Gasteiger partial charge in [-0.25, -0.2) is 0 Å². The average Bonchev–Trinajstić information content (AvgIpc) is 2.88. The van der Waals surface area contributed by atoms with Crippen LogP contribution in [0.3, 0.4) is 0 Å². The maximum atomic E-state index is 12.3. The lowest BCUT2D eigenvalue weighted by atomic mass is 10.1. The molecule has 20 heavy (non-hydrogen) atoms. The van der Waals surface area contributed by atoms with Crippen LogP contribution in [0.1, 0.15) is 16.8 Å². The van der Waals surface area contributed by atoms with Gasteiger partial charge < -0.3 is 10.6 Å². The van der Waals surface area contributed by atoms with E-state index in [1.165, 1.54) is 23.1 Å². The molecule has 1 atom stereocenters. The van der Waals surface area contributed by atoms with Crippen LogP contribution in [-0.4, -0.2) is 34.7 Å². The molecule has 1 fully saturated rings. The van der Waals surface area contributed by atoms with Gasteiger partial charge in [-0.05, 0) is 28.4 Å². The number of benzene rings is 1. The van der Waals surface area contributed by atoms with Gasteiger partial charge >= 0.3 is 0 Å². The number of halogens is 1. The van der Waals surface area contributed by atoms with Crippen molar-refractivity contribution >= 4 is 33.4 Å². The van der Waals surface area contributed by atoms with Gasteiger partial charge in [-0.3, -0.25) is 19.7 Å². The molecule has 0 radical (unpaired) electrons. The number of nitrogens with zero attached hydrogens (tertiary/aromatic N) is 2. The van der Waals surface area contributed by atoms with Crippen molar-refractivity contribution in [1.82, 2.24) is 4.90 Å². The van der Waals surface area contributed by atoms with Crippen LogP contribution in [0.25, 0.3) is 0 Å². The lowest BCUT2D eigenvalue weighted by Gasteiger charge is -2.16. The summed E-state index contributed by atoms with van der Waals surface area (Å²) in [6.07, 6.45) is 0.521. The van der Waals surface area contributed by atoms with E-state index >= 15 is 0 Å². The zero-order chi connectivity index (χ0) is 14.9. The SMILES string of the molecule is NC(=O)C1CCN(C(=O)c2cc([N+](=O)[O-])ccc2Br)C1. The van der Waals surface area contributed by atoms with Crippen molar-refractivity contribution in [2.24, 2.45) is 11.7 Å². The number of primary amides is 1. The normalized spacial score (nSPS) is 18.1. The second-order valence-electron chi connectivity index (χ2n) is 4.56. The zero-order valence-corrected chi connectivity index (χ0v) is 12.0. The van der Waals surface area contributed by atoms with Crippen LogP contribution in [0.5, 0.6) is 0 Å². The third-order valence-electron chi connectivity index (χ3n) is 3.27. The Hall–Kier alpha value is -1.96. The minimum atomic E-state index is -0.556. The van der Waals surface area contributed by atoms with E-state index < -0.39 is 10.8 Å². The molecule has 0 aromatic heterocycles. The van der Waals surface area contributed by atoms with Crippen LogP contribution in [0.4, 0.5) is 5.69 Å². The number of non-ortho nitro benzene ring substituents is 1. The Balaban J connectivity index is 2.23. The first-order valence-corrected chi connectivity index (χ1v) is 6.72. The number of rotatable bonds is 3. The van der Waals surface area contributed by atoms with Crippen molar-refractivity contribution in [2.45, 2.75) is 6.42 Å². The highest BCUT2D eigenvalue weighted by Crippen LogP contribution is 2.26. The molecule has 2 N–H and O–H groups in total. The van der Waals surface area contributed by atoms with Crippen LogP contribution >= 0.6 is 15.9 Å². The van der Waals surface area contributed by atoms with E-state index in [1.54, 1.807) is 0 Å². The molecule has 1 aromatic rings. The number of carbonyl (C=O) groups is 2. The van der Waals surface area contributed by atoms with Crippen LogP contribution in [-0.2, 0) is 4.79 Å². The van der Waals surface area contributed by atoms with Gasteiger partial charge in [-0.1, -0.05) is 0 Å². The molecule has 1 unspecified atom stereocenters. The second-order valence-corrected chi connectivity index (χ2v) is 5.41. The smallest absolute Gasteiger partial charge is 0.270 e. The van der Waals surface area contributed by atoms with Gasteiger partial charge in [0.05, 0.1) is 16.4 Å². The van der Waals surface area contributed by atoms with E-state index in [1.807, 2.05) is 0 Å². The highest BCUT2D eigenvalue weighted by Gasteiger charge is 2.31. The molecule has 7 nitrogen and oxygen atoms in total. The Kier molecular flexibility index (Phi) is 4.03. The van der Waals surface area contributed by atoms with E-state index in [9.17, 15) is 19.7 Å². The molecular formula is C12H12BrN3O4. The molecule has 1 heterocycles. The van der Waals surface area contributed by atoms with Gasteiger partial charge in [0.2, 0.25) is 5.91 Å². The summed E-state index contributed by atoms with van der Waals surface area (Å²) in [4.78, 5) is 35.1. The molecule has 2 amide bonds. The second kappa shape index (κ2) is 5.58. The predicted octanol–water partition coefficient (Wildman–Crippen LogP) is 1.30. The fraction of sp³-hybridized carbons (Fsp3) is 0.333. The average molecular weight is 342 g/mol. The van der Waals surface area contributed by atoms with Crippen molar-refractivity contribution < 1.29 is 14.5 Å². The van der Waals surface area contributed by atoms with E-state index in [2.05, 4.69) is 15.9 Å². The van der Waals surface area contributed by atoms with E-state index in [-0.39, 0.29) is 29.6 Å². The summed E-state index contributed by atoms with van der Waals surface area (Å²) < 4.78 is 0.482. The van der Waals surface area contributed by atoms with Crippen LogP contribution < -0.4 is 5.73 Å². The van der Waals surface area contributed by atoms with Gasteiger partial charge in [0.15, 0.2) is 0 Å². The molecule has 0 bridgehead atoms. The third-order valence-corrected chi connectivity index (χ3v) is 3.96. The summed E-state index contributed by atoms with van der Waals surface area (Å²) in [6, 6.07) is 4.01. The fourth-order valence-electron chi connectivity index (χ4n) is 2.14. The van der Waals surface area contributed by atoms with Crippen LogP contribution in [0.2, 0.25) is 0 Å². The minimum absolute atomic E-state index is 0.151. The van der Waals surface area contributed by atoms with Gasteiger partial charge in [0.25, 0.3) is 11.6 Å². The zero-order valence-electron chi connectivity index (χ0n) is 10.4. The molecule has 1 saturated heterocycles. The Morgan fingerprint density at radius 1 is 1.45 bits per heavy atom. The van der Waals surface area contributed by atoms with Crippen molar-refractivity contribution in [3.05, 3.63) is 38.3 Å². The number of nitrogens with two attached hydrogens (primary N) is 1. The number of nitro benzene ring substituents is 1. The molecular weight excluding hydrogens is 330 g/mol. The summed E-state index contributed by atoms with van der Waals surface area (Å²) in [5.74, 6) is -1.13. The Labute approximate surface area is 123 Å². The molecule has 0 spiro atoms. The van der Waals surface area contributed by atoms with Gasteiger partial charge in [0.1, 0.15) is 0 Å². The predicted molar refractivity (Wildman–Crippen MR) is 74.0 cm³/mol. The summed E-state index contributed by atoms with van der Waals surface area (Å²) in [6.45, 7) is 0.671. The highest BCUT2D eigenvalue weighted by molar-refractivity contribution is 9.10. The first-order chi connectivity index (χ1) is 9.40. The number of likely N-dealkylation sites (tertiary alicyclic amines) is 1. The Morgan fingerprint density at radius 3 is 2.70 bits per heavy atom. The van der Waals surface area contributed by atoms with E-state index in [0.717, 1.165) is 0 Å². The van der Waals surface area contributed by atoms with Crippen LogP contribution in [0.15, 0.2) is 22.7 Å². The Bertz CT molecular complexity index is 590. The fourth-order valence-corrected chi connectivity index (χ4v) is 2.55. The number of amides is 2. The van der Waals surface area contributed by atoms with Crippen molar-refractivity contribution in [2.75, 3.05) is 13.1 Å².